The number of halogens is 1. The van der Waals surface area contributed by atoms with Gasteiger partial charge in [0.05, 0.1) is 6.04 Å². The summed E-state index contributed by atoms with van der Waals surface area (Å²) in [6.07, 6.45) is 1.09. The van der Waals surface area contributed by atoms with Gasteiger partial charge in [-0.05, 0) is 18.6 Å². The molecule has 1 atom stereocenters. The highest BCUT2D eigenvalue weighted by atomic mass is 35.5. The number of rotatable bonds is 4. The first-order valence-electron chi connectivity index (χ1n) is 5.27. The first-order valence-corrected chi connectivity index (χ1v) is 5.65. The Balaban J connectivity index is 2.13. The summed E-state index contributed by atoms with van der Waals surface area (Å²) < 4.78 is 5.01. The number of nitrogens with zero attached hydrogens (tertiary/aromatic N) is 1. The van der Waals surface area contributed by atoms with Crippen molar-refractivity contribution >= 4 is 23.6 Å². The Hall–Kier alpha value is -2.01. The zero-order chi connectivity index (χ0) is 13.1. The lowest BCUT2D eigenvalue weighted by molar-refractivity contribution is 0.0690. The first kappa shape index (κ1) is 12.4. The van der Waals surface area contributed by atoms with Gasteiger partial charge in [-0.1, -0.05) is 29.8 Å². The van der Waals surface area contributed by atoms with Crippen LogP contribution in [0.3, 0.4) is 0 Å². The van der Waals surface area contributed by atoms with Gasteiger partial charge in [0, 0.05) is 5.02 Å². The molecule has 2 aromatic rings. The highest BCUT2D eigenvalue weighted by molar-refractivity contribution is 6.31. The molecule has 0 aliphatic heterocycles. The summed E-state index contributed by atoms with van der Waals surface area (Å²) in [4.78, 5) is 14.4. The van der Waals surface area contributed by atoms with Crippen molar-refractivity contribution in [2.45, 2.75) is 13.0 Å². The first-order chi connectivity index (χ1) is 8.58. The third kappa shape index (κ3) is 2.62. The van der Waals surface area contributed by atoms with Crippen molar-refractivity contribution in [1.29, 1.82) is 0 Å². The molecule has 0 amide bonds. The van der Waals surface area contributed by atoms with E-state index in [1.807, 2.05) is 25.1 Å². The van der Waals surface area contributed by atoms with Gasteiger partial charge in [-0.15, -0.1) is 0 Å². The molecule has 18 heavy (non-hydrogen) atoms. The van der Waals surface area contributed by atoms with E-state index < -0.39 is 5.97 Å². The maximum atomic E-state index is 10.7. The minimum atomic E-state index is -1.13. The molecule has 0 aliphatic carbocycles. The Morgan fingerprint density at radius 2 is 2.22 bits per heavy atom. The molecule has 94 valence electrons. The fourth-order valence-electron chi connectivity index (χ4n) is 1.53. The van der Waals surface area contributed by atoms with Crippen molar-refractivity contribution in [2.75, 3.05) is 5.32 Å². The second kappa shape index (κ2) is 5.10. The molecule has 1 unspecified atom stereocenters. The number of oxazole rings is 1. The van der Waals surface area contributed by atoms with Gasteiger partial charge < -0.3 is 14.8 Å². The SMILES string of the molecule is CC(Nc1nc(C(=O)O)co1)c1ccccc1Cl. The Morgan fingerprint density at radius 3 is 2.83 bits per heavy atom. The number of carbonyl (C=O) groups is 1. The zero-order valence-electron chi connectivity index (χ0n) is 9.55. The molecule has 1 aromatic carbocycles. The van der Waals surface area contributed by atoms with Gasteiger partial charge in [-0.25, -0.2) is 4.79 Å². The quantitative estimate of drug-likeness (QED) is 0.889. The largest absolute Gasteiger partial charge is 0.476 e. The van der Waals surface area contributed by atoms with Crippen LogP contribution in [-0.4, -0.2) is 16.1 Å². The third-order valence-electron chi connectivity index (χ3n) is 2.44. The minimum Gasteiger partial charge on any atom is -0.476 e. The average molecular weight is 267 g/mol. The number of carboxylic acid groups (broad SMARTS) is 1. The molecule has 0 fully saturated rings. The number of carboxylic acids is 1. The van der Waals surface area contributed by atoms with Crippen LogP contribution in [0.15, 0.2) is 34.9 Å². The fourth-order valence-corrected chi connectivity index (χ4v) is 1.83. The predicted octanol–water partition coefficient (Wildman–Crippen LogP) is 3.20. The fraction of sp³-hybridized carbons (Fsp3) is 0.167. The van der Waals surface area contributed by atoms with Crippen LogP contribution >= 0.6 is 11.6 Å². The minimum absolute atomic E-state index is 0.135. The number of hydrogen-bond acceptors (Lipinski definition) is 4. The van der Waals surface area contributed by atoms with E-state index in [1.165, 1.54) is 0 Å². The maximum absolute atomic E-state index is 10.7. The van der Waals surface area contributed by atoms with Crippen LogP contribution < -0.4 is 5.32 Å². The molecule has 0 bridgehead atoms. The Kier molecular flexibility index (Phi) is 3.53. The molecular formula is C12H11ClN2O3. The monoisotopic (exact) mass is 266 g/mol. The summed E-state index contributed by atoms with van der Waals surface area (Å²) in [5.41, 5.74) is 0.748. The van der Waals surface area contributed by atoms with E-state index in [0.717, 1.165) is 11.8 Å². The molecule has 6 heteroatoms. The van der Waals surface area contributed by atoms with E-state index in [2.05, 4.69) is 10.3 Å². The molecule has 0 spiro atoms. The van der Waals surface area contributed by atoms with Crippen LogP contribution in [-0.2, 0) is 0 Å². The molecule has 0 saturated heterocycles. The van der Waals surface area contributed by atoms with Gasteiger partial charge in [0.2, 0.25) is 0 Å². The lowest BCUT2D eigenvalue weighted by Gasteiger charge is -2.13. The van der Waals surface area contributed by atoms with Gasteiger partial charge in [0.1, 0.15) is 6.26 Å². The van der Waals surface area contributed by atoms with E-state index in [4.69, 9.17) is 21.1 Å². The number of aromatic carboxylic acids is 1. The van der Waals surface area contributed by atoms with Crippen LogP contribution in [0.25, 0.3) is 0 Å². The molecule has 5 nitrogen and oxygen atoms in total. The Labute approximate surface area is 108 Å². The van der Waals surface area contributed by atoms with Crippen LogP contribution in [0.5, 0.6) is 0 Å². The summed E-state index contributed by atoms with van der Waals surface area (Å²) >= 11 is 6.06. The van der Waals surface area contributed by atoms with Gasteiger partial charge in [0.25, 0.3) is 6.01 Å². The van der Waals surface area contributed by atoms with Gasteiger partial charge in [-0.3, -0.25) is 0 Å². The molecule has 2 N–H and O–H groups in total. The van der Waals surface area contributed by atoms with E-state index in [0.29, 0.717) is 5.02 Å². The van der Waals surface area contributed by atoms with Crippen molar-refractivity contribution < 1.29 is 14.3 Å². The molecule has 0 saturated carbocycles. The second-order valence-electron chi connectivity index (χ2n) is 3.73. The molecule has 1 heterocycles. The van der Waals surface area contributed by atoms with E-state index in [1.54, 1.807) is 6.07 Å². The predicted molar refractivity (Wildman–Crippen MR) is 67.0 cm³/mol. The van der Waals surface area contributed by atoms with Crippen molar-refractivity contribution in [3.63, 3.8) is 0 Å². The topological polar surface area (TPSA) is 75.4 Å². The molecule has 0 radical (unpaired) electrons. The standard InChI is InChI=1S/C12H11ClN2O3/c1-7(8-4-2-3-5-9(8)13)14-12-15-10(6-18-12)11(16)17/h2-7H,1H3,(H,14,15)(H,16,17). The van der Waals surface area contributed by atoms with Crippen molar-refractivity contribution in [3.05, 3.63) is 46.8 Å². The van der Waals surface area contributed by atoms with Crippen LogP contribution in [0.4, 0.5) is 6.01 Å². The van der Waals surface area contributed by atoms with Crippen molar-refractivity contribution in [2.24, 2.45) is 0 Å². The lowest BCUT2D eigenvalue weighted by Crippen LogP contribution is -2.07. The molecule has 2 rings (SSSR count). The van der Waals surface area contributed by atoms with Crippen molar-refractivity contribution in [1.82, 2.24) is 4.98 Å². The molecule has 0 aliphatic rings. The number of benzene rings is 1. The van der Waals surface area contributed by atoms with Crippen molar-refractivity contribution in [3.8, 4) is 0 Å². The summed E-state index contributed by atoms with van der Waals surface area (Å²) in [6, 6.07) is 7.39. The molecular weight excluding hydrogens is 256 g/mol. The summed E-state index contributed by atoms with van der Waals surface area (Å²) in [7, 11) is 0. The van der Waals surface area contributed by atoms with E-state index in [9.17, 15) is 4.79 Å². The molecule has 1 aromatic heterocycles. The van der Waals surface area contributed by atoms with Crippen LogP contribution in [0.1, 0.15) is 29.0 Å². The third-order valence-corrected chi connectivity index (χ3v) is 2.78. The number of nitrogens with one attached hydrogen (secondary N) is 1. The van der Waals surface area contributed by atoms with Crippen LogP contribution in [0, 0.1) is 0 Å². The average Bonchev–Trinajstić information content (AvgIpc) is 2.78. The van der Waals surface area contributed by atoms with Gasteiger partial charge in [0.15, 0.2) is 5.69 Å². The maximum Gasteiger partial charge on any atom is 0.357 e. The Morgan fingerprint density at radius 1 is 1.50 bits per heavy atom. The van der Waals surface area contributed by atoms with E-state index in [-0.39, 0.29) is 17.8 Å². The van der Waals surface area contributed by atoms with Gasteiger partial charge >= 0.3 is 5.97 Å². The number of anilines is 1. The lowest BCUT2D eigenvalue weighted by atomic mass is 10.1. The van der Waals surface area contributed by atoms with Crippen LogP contribution in [0.2, 0.25) is 5.02 Å². The smallest absolute Gasteiger partial charge is 0.357 e. The highest BCUT2D eigenvalue weighted by Crippen LogP contribution is 2.25. The Bertz CT molecular complexity index is 568. The number of aromatic nitrogens is 1. The highest BCUT2D eigenvalue weighted by Gasteiger charge is 2.14. The summed E-state index contributed by atoms with van der Waals surface area (Å²) in [6.45, 7) is 1.88. The summed E-state index contributed by atoms with van der Waals surface area (Å²) in [5.74, 6) is -1.13. The van der Waals surface area contributed by atoms with Gasteiger partial charge in [-0.2, -0.15) is 4.98 Å². The zero-order valence-corrected chi connectivity index (χ0v) is 10.3. The van der Waals surface area contributed by atoms with E-state index >= 15 is 0 Å². The normalized spacial score (nSPS) is 12.1. The summed E-state index contributed by atoms with van der Waals surface area (Å²) in [5, 5.41) is 12.3. The number of hydrogen-bond donors (Lipinski definition) is 2. The second-order valence-corrected chi connectivity index (χ2v) is 4.14.